The Morgan fingerprint density at radius 1 is 0.897 bits per heavy atom. The monoisotopic (exact) mass is 462 g/mol. The van der Waals surface area contributed by atoms with Gasteiger partial charge >= 0.3 is 31.0 Å². The van der Waals surface area contributed by atoms with E-state index in [0.29, 0.717) is 0 Å². The molecule has 2 heterocycles. The smallest absolute Gasteiger partial charge is 0.759 e. The Bertz CT molecular complexity index is 588. The summed E-state index contributed by atoms with van der Waals surface area (Å²) in [6.45, 7) is -2.32. The number of hydrogen-bond acceptors (Lipinski definition) is 15. The Morgan fingerprint density at radius 3 is 1.76 bits per heavy atom. The normalized spacial score (nSPS) is 42.6. The Kier molecular flexibility index (Phi) is 12.1. The van der Waals surface area contributed by atoms with E-state index in [1.165, 1.54) is 0 Å². The van der Waals surface area contributed by atoms with Crippen molar-refractivity contribution in [3.05, 3.63) is 0 Å². The van der Waals surface area contributed by atoms with Crippen LogP contribution in [0.3, 0.4) is 0 Å². The van der Waals surface area contributed by atoms with E-state index in [1.807, 2.05) is 0 Å². The molecule has 0 unspecified atom stereocenters. The molecule has 0 saturated carbocycles. The maximum atomic E-state index is 10.00. The van der Waals surface area contributed by atoms with Crippen molar-refractivity contribution in [2.75, 3.05) is 19.8 Å². The van der Waals surface area contributed by atoms with Crippen LogP contribution in [-0.2, 0) is 24.6 Å². The molecule has 2 aliphatic rings. The zero-order valence-electron chi connectivity index (χ0n) is 16.1. The molecule has 2 fully saturated rings. The standard InChI is InChI=1S/C12H22O11.Na.H2O4S/c13-1-4-6(16)8(18)9(19)11(21-4)23-12(3-15)10(20)7(17)5(2-14)22-12;;1-5(2,3)4/h4-11,13-20H,1-3H2;;(H2,1,2,3,4)/q;+1;/p-1/t4-,5-,6-,7-,8+,9-,10+,11-,12+;;/m1../s1. The molecule has 2 saturated heterocycles. The van der Waals surface area contributed by atoms with E-state index in [-0.39, 0.29) is 31.0 Å². The average molecular weight is 462 g/mol. The van der Waals surface area contributed by atoms with Crippen LogP contribution in [0, 0.1) is 0 Å². The third-order valence-corrected chi connectivity index (χ3v) is 4.07. The molecular weight excluding hydrogens is 439 g/mol. The van der Waals surface area contributed by atoms with E-state index in [9.17, 15) is 30.6 Å². The molecule has 8 N–H and O–H groups in total. The van der Waals surface area contributed by atoms with Gasteiger partial charge in [0.05, 0.1) is 13.2 Å². The van der Waals surface area contributed by atoms with E-state index in [4.69, 9.17) is 41.9 Å². The Morgan fingerprint density at radius 2 is 1.38 bits per heavy atom. The first-order valence-electron chi connectivity index (χ1n) is 7.72. The van der Waals surface area contributed by atoms with Crippen LogP contribution >= 0.6 is 0 Å². The minimum atomic E-state index is -5.17. The van der Waals surface area contributed by atoms with Crippen molar-refractivity contribution < 1.29 is 104 Å². The van der Waals surface area contributed by atoms with Crippen molar-refractivity contribution in [1.82, 2.24) is 0 Å². The van der Waals surface area contributed by atoms with Crippen molar-refractivity contribution >= 4 is 10.4 Å². The number of rotatable bonds is 5. The molecule has 0 aromatic rings. The summed E-state index contributed by atoms with van der Waals surface area (Å²) in [6.07, 6.45) is -12.7. The fourth-order valence-corrected chi connectivity index (χ4v) is 2.63. The van der Waals surface area contributed by atoms with E-state index in [2.05, 4.69) is 0 Å². The Balaban J connectivity index is 0. The topological polar surface area (TPSA) is 270 Å². The first-order valence-corrected chi connectivity index (χ1v) is 9.05. The summed E-state index contributed by atoms with van der Waals surface area (Å²) in [5.41, 5.74) is 0. The van der Waals surface area contributed by atoms with Crippen LogP contribution in [-0.4, -0.2) is 133 Å². The summed E-state index contributed by atoms with van der Waals surface area (Å²) < 4.78 is 49.5. The molecule has 0 radical (unpaired) electrons. The van der Waals surface area contributed by atoms with Crippen LogP contribution in [0.25, 0.3) is 0 Å². The maximum Gasteiger partial charge on any atom is 1.00 e. The SMILES string of the molecule is O=S(=O)([O-])[O-].OC[C@H]1O[C@@](CO)(O[C@H]2O[C@H](CO)[C@@H](O)[C@H](O)[C@H]2O)[C@@H](O)[C@@H]1O.[H+].[Na+]. The molecule has 0 spiro atoms. The molecule has 29 heavy (non-hydrogen) atoms. The summed E-state index contributed by atoms with van der Waals surface area (Å²) in [5, 5.41) is 76.7. The van der Waals surface area contributed by atoms with Gasteiger partial charge in [-0.1, -0.05) is 0 Å². The molecule has 2 rings (SSSR count). The average Bonchev–Trinajstić information content (AvgIpc) is 2.86. The molecular formula is C12H23NaO15S. The number of hydrogen-bond donors (Lipinski definition) is 8. The van der Waals surface area contributed by atoms with Gasteiger partial charge in [-0.2, -0.15) is 0 Å². The van der Waals surface area contributed by atoms with Crippen LogP contribution < -0.4 is 29.6 Å². The molecule has 0 bridgehead atoms. The van der Waals surface area contributed by atoms with Crippen molar-refractivity contribution in [3.8, 4) is 0 Å². The van der Waals surface area contributed by atoms with Crippen molar-refractivity contribution in [3.63, 3.8) is 0 Å². The van der Waals surface area contributed by atoms with Crippen LogP contribution in [0.1, 0.15) is 1.43 Å². The minimum Gasteiger partial charge on any atom is -0.759 e. The van der Waals surface area contributed by atoms with E-state index in [1.54, 1.807) is 0 Å². The minimum absolute atomic E-state index is 0. The van der Waals surface area contributed by atoms with Gasteiger partial charge in [0.15, 0.2) is 6.29 Å². The van der Waals surface area contributed by atoms with Crippen molar-refractivity contribution in [2.24, 2.45) is 0 Å². The van der Waals surface area contributed by atoms with Crippen LogP contribution in [0.4, 0.5) is 0 Å². The maximum absolute atomic E-state index is 10.00. The molecule has 17 heteroatoms. The third kappa shape index (κ3) is 7.51. The fraction of sp³-hybridized carbons (Fsp3) is 1.00. The molecule has 0 amide bonds. The van der Waals surface area contributed by atoms with E-state index >= 15 is 0 Å². The van der Waals surface area contributed by atoms with E-state index < -0.39 is 85.0 Å². The fourth-order valence-electron chi connectivity index (χ4n) is 2.63. The second-order valence-corrected chi connectivity index (χ2v) is 6.78. The van der Waals surface area contributed by atoms with Gasteiger partial charge in [-0.25, -0.2) is 0 Å². The summed E-state index contributed by atoms with van der Waals surface area (Å²) >= 11 is 0. The second-order valence-electron chi connectivity index (χ2n) is 5.97. The summed E-state index contributed by atoms with van der Waals surface area (Å²) in [4.78, 5) is 0. The van der Waals surface area contributed by atoms with Crippen LogP contribution in [0.15, 0.2) is 0 Å². The zero-order chi connectivity index (χ0) is 21.9. The van der Waals surface area contributed by atoms with Crippen LogP contribution in [0.2, 0.25) is 0 Å². The predicted octanol–water partition coefficient (Wildman–Crippen LogP) is -9.62. The predicted molar refractivity (Wildman–Crippen MR) is 80.2 cm³/mol. The second kappa shape index (κ2) is 11.9. The van der Waals surface area contributed by atoms with Gasteiger partial charge in [0.25, 0.3) is 0 Å². The quantitative estimate of drug-likeness (QED) is 0.107. The molecule has 9 atom stereocenters. The summed E-state index contributed by atoms with van der Waals surface area (Å²) in [6, 6.07) is 0. The molecule has 15 nitrogen and oxygen atoms in total. The number of ether oxygens (including phenoxy) is 3. The molecule has 0 aromatic carbocycles. The Labute approximate surface area is 188 Å². The summed E-state index contributed by atoms with van der Waals surface area (Å²) in [5.74, 6) is -2.22. The van der Waals surface area contributed by atoms with Gasteiger partial charge in [-0.05, 0) is 0 Å². The summed E-state index contributed by atoms with van der Waals surface area (Å²) in [7, 11) is -5.17. The zero-order valence-corrected chi connectivity index (χ0v) is 17.9. The van der Waals surface area contributed by atoms with Gasteiger partial charge in [-0.3, -0.25) is 8.42 Å². The van der Waals surface area contributed by atoms with E-state index in [0.717, 1.165) is 0 Å². The van der Waals surface area contributed by atoms with Gasteiger partial charge in [-0.15, -0.1) is 0 Å². The number of aliphatic hydroxyl groups is 8. The van der Waals surface area contributed by atoms with Crippen molar-refractivity contribution in [2.45, 2.75) is 54.8 Å². The molecule has 168 valence electrons. The van der Waals surface area contributed by atoms with Crippen molar-refractivity contribution in [1.29, 1.82) is 0 Å². The molecule has 0 aromatic heterocycles. The van der Waals surface area contributed by atoms with Gasteiger partial charge in [0.1, 0.15) is 49.3 Å². The Hall–Kier alpha value is 0.430. The van der Waals surface area contributed by atoms with Gasteiger partial charge in [0, 0.05) is 10.4 Å². The molecule has 2 aliphatic heterocycles. The van der Waals surface area contributed by atoms with Gasteiger partial charge < -0.3 is 64.2 Å². The first-order chi connectivity index (χ1) is 12.8. The van der Waals surface area contributed by atoms with Crippen LogP contribution in [0.5, 0.6) is 0 Å². The molecule has 0 aliphatic carbocycles. The largest absolute Gasteiger partial charge is 1.00 e. The number of aliphatic hydroxyl groups excluding tert-OH is 8. The third-order valence-electron chi connectivity index (χ3n) is 4.07. The van der Waals surface area contributed by atoms with Gasteiger partial charge in [0.2, 0.25) is 5.79 Å². The first kappa shape index (κ1) is 29.4.